The summed E-state index contributed by atoms with van der Waals surface area (Å²) in [6.45, 7) is -0.0137. The largest absolute Gasteiger partial charge is 0.496 e. The first-order chi connectivity index (χ1) is 9.99. The maximum Gasteiger partial charge on any atom is 0.266 e. The summed E-state index contributed by atoms with van der Waals surface area (Å²) >= 11 is 1.30. The van der Waals surface area contributed by atoms with Crippen molar-refractivity contribution in [3.63, 3.8) is 0 Å². The lowest BCUT2D eigenvalue weighted by molar-refractivity contribution is -0.121. The molecule has 0 bridgehead atoms. The summed E-state index contributed by atoms with van der Waals surface area (Å²) in [6, 6.07) is 5.53. The van der Waals surface area contributed by atoms with E-state index in [1.807, 2.05) is 12.1 Å². The zero-order chi connectivity index (χ0) is 15.6. The predicted molar refractivity (Wildman–Crippen MR) is 83.8 cm³/mol. The summed E-state index contributed by atoms with van der Waals surface area (Å²) in [5.41, 5.74) is 6.49. The van der Waals surface area contributed by atoms with Crippen molar-refractivity contribution >= 4 is 38.9 Å². The van der Waals surface area contributed by atoms with Crippen LogP contribution in [-0.4, -0.2) is 44.5 Å². The van der Waals surface area contributed by atoms with Gasteiger partial charge in [-0.1, -0.05) is 6.07 Å². The number of carbonyl (C=O) groups is 2. The van der Waals surface area contributed by atoms with Crippen molar-refractivity contribution in [2.24, 2.45) is 0 Å². The van der Waals surface area contributed by atoms with Gasteiger partial charge in [-0.05, 0) is 12.1 Å². The lowest BCUT2D eigenvalue weighted by Crippen LogP contribution is -2.36. The summed E-state index contributed by atoms with van der Waals surface area (Å²) in [7, 11) is 4.66. The summed E-state index contributed by atoms with van der Waals surface area (Å²) < 4.78 is 6.16. The van der Waals surface area contributed by atoms with Crippen molar-refractivity contribution in [1.82, 2.24) is 10.2 Å². The minimum atomic E-state index is -0.278. The molecule has 21 heavy (non-hydrogen) atoms. The molecule has 6 nitrogen and oxygen atoms in total. The van der Waals surface area contributed by atoms with Crippen LogP contribution < -0.4 is 15.8 Å². The SMILES string of the molecule is CNC(=O)CN(C)C(=O)c1sc2cccc(OC)c2c1N. The molecular formula is C14H17N3O3S. The number of fused-ring (bicyclic) bond motifs is 1. The Morgan fingerprint density at radius 1 is 1.43 bits per heavy atom. The highest BCUT2D eigenvalue weighted by Gasteiger charge is 2.22. The van der Waals surface area contributed by atoms with E-state index in [1.54, 1.807) is 20.2 Å². The van der Waals surface area contributed by atoms with E-state index in [-0.39, 0.29) is 18.4 Å². The first kappa shape index (κ1) is 15.1. The number of likely N-dealkylation sites (N-methyl/N-ethyl adjacent to an activating group) is 2. The third-order valence-corrected chi connectivity index (χ3v) is 4.29. The molecule has 0 atom stereocenters. The van der Waals surface area contributed by atoms with Crippen molar-refractivity contribution in [3.8, 4) is 5.75 Å². The third-order valence-electron chi connectivity index (χ3n) is 3.13. The van der Waals surface area contributed by atoms with Gasteiger partial charge in [0.2, 0.25) is 5.91 Å². The summed E-state index contributed by atoms with van der Waals surface area (Å²) in [4.78, 5) is 25.5. The number of nitrogen functional groups attached to an aromatic ring is 1. The van der Waals surface area contributed by atoms with Gasteiger partial charge in [-0.2, -0.15) is 0 Å². The molecule has 1 aromatic heterocycles. The molecule has 0 radical (unpaired) electrons. The van der Waals surface area contributed by atoms with E-state index in [2.05, 4.69) is 5.32 Å². The molecule has 7 heteroatoms. The molecule has 0 aliphatic rings. The molecule has 0 aliphatic carbocycles. The molecule has 3 N–H and O–H groups in total. The number of nitrogens with two attached hydrogens (primary N) is 1. The molecule has 2 aromatic rings. The van der Waals surface area contributed by atoms with Crippen LogP contribution in [0.5, 0.6) is 5.75 Å². The number of benzene rings is 1. The molecule has 0 spiro atoms. The van der Waals surface area contributed by atoms with Crippen LogP contribution in [0.25, 0.3) is 10.1 Å². The minimum absolute atomic E-state index is 0.0137. The van der Waals surface area contributed by atoms with Crippen LogP contribution in [0.15, 0.2) is 18.2 Å². The van der Waals surface area contributed by atoms with Gasteiger partial charge < -0.3 is 20.7 Å². The van der Waals surface area contributed by atoms with Crippen LogP contribution in [-0.2, 0) is 4.79 Å². The fourth-order valence-electron chi connectivity index (χ4n) is 2.01. The second-order valence-electron chi connectivity index (χ2n) is 4.51. The van der Waals surface area contributed by atoms with Crippen LogP contribution in [0.1, 0.15) is 9.67 Å². The number of nitrogens with zero attached hydrogens (tertiary/aromatic N) is 1. The van der Waals surface area contributed by atoms with Gasteiger partial charge in [0.05, 0.1) is 24.7 Å². The second-order valence-corrected chi connectivity index (χ2v) is 5.56. The molecule has 0 fully saturated rings. The first-order valence-corrected chi connectivity index (χ1v) is 7.12. The predicted octanol–water partition coefficient (Wildman–Crippen LogP) is 1.31. The highest BCUT2D eigenvalue weighted by atomic mass is 32.1. The number of rotatable bonds is 4. The average molecular weight is 307 g/mol. The van der Waals surface area contributed by atoms with Gasteiger partial charge in [-0.15, -0.1) is 11.3 Å². The van der Waals surface area contributed by atoms with Gasteiger partial charge in [-0.3, -0.25) is 9.59 Å². The van der Waals surface area contributed by atoms with Crippen LogP contribution in [0.3, 0.4) is 0 Å². The highest BCUT2D eigenvalue weighted by molar-refractivity contribution is 7.21. The van der Waals surface area contributed by atoms with Gasteiger partial charge in [0.15, 0.2) is 0 Å². The molecule has 2 rings (SSSR count). The Kier molecular flexibility index (Phi) is 4.32. The fraction of sp³-hybridized carbons (Fsp3) is 0.286. The van der Waals surface area contributed by atoms with E-state index in [1.165, 1.54) is 23.3 Å². The van der Waals surface area contributed by atoms with Crippen molar-refractivity contribution in [2.75, 3.05) is 33.5 Å². The minimum Gasteiger partial charge on any atom is -0.496 e. The van der Waals surface area contributed by atoms with Gasteiger partial charge in [0.25, 0.3) is 5.91 Å². The lowest BCUT2D eigenvalue weighted by atomic mass is 10.2. The summed E-state index contributed by atoms with van der Waals surface area (Å²) in [5, 5.41) is 3.22. The summed E-state index contributed by atoms with van der Waals surface area (Å²) in [6.07, 6.45) is 0. The van der Waals surface area contributed by atoms with E-state index in [4.69, 9.17) is 10.5 Å². The number of anilines is 1. The Bertz CT molecular complexity index is 696. The van der Waals surface area contributed by atoms with Gasteiger partial charge in [-0.25, -0.2) is 0 Å². The van der Waals surface area contributed by atoms with Crippen LogP contribution in [0.2, 0.25) is 0 Å². The quantitative estimate of drug-likeness (QED) is 0.892. The maximum absolute atomic E-state index is 12.4. The van der Waals surface area contributed by atoms with E-state index < -0.39 is 0 Å². The maximum atomic E-state index is 12.4. The van der Waals surface area contributed by atoms with Gasteiger partial charge in [0, 0.05) is 18.8 Å². The zero-order valence-electron chi connectivity index (χ0n) is 12.1. The molecule has 0 saturated carbocycles. The van der Waals surface area contributed by atoms with Gasteiger partial charge >= 0.3 is 0 Å². The van der Waals surface area contributed by atoms with E-state index in [0.717, 1.165) is 10.1 Å². The molecule has 0 unspecified atom stereocenters. The topological polar surface area (TPSA) is 84.7 Å². The highest BCUT2D eigenvalue weighted by Crippen LogP contribution is 2.39. The monoisotopic (exact) mass is 307 g/mol. The van der Waals surface area contributed by atoms with Crippen molar-refractivity contribution in [2.45, 2.75) is 0 Å². The van der Waals surface area contributed by atoms with E-state index >= 15 is 0 Å². The van der Waals surface area contributed by atoms with Gasteiger partial charge in [0.1, 0.15) is 10.6 Å². The van der Waals surface area contributed by atoms with Crippen molar-refractivity contribution < 1.29 is 14.3 Å². The Hall–Kier alpha value is -2.28. The second kappa shape index (κ2) is 6.01. The smallest absolute Gasteiger partial charge is 0.266 e. The number of hydrogen-bond donors (Lipinski definition) is 2. The Morgan fingerprint density at radius 2 is 2.14 bits per heavy atom. The average Bonchev–Trinajstić information content (AvgIpc) is 2.83. The molecule has 0 aliphatic heterocycles. The molecule has 0 saturated heterocycles. The number of thiophene rings is 1. The number of carbonyl (C=O) groups excluding carboxylic acids is 2. The Labute approximate surface area is 126 Å². The summed E-state index contributed by atoms with van der Waals surface area (Å²) in [5.74, 6) is 0.122. The first-order valence-electron chi connectivity index (χ1n) is 6.30. The van der Waals surface area contributed by atoms with Crippen LogP contribution >= 0.6 is 11.3 Å². The number of hydrogen-bond acceptors (Lipinski definition) is 5. The zero-order valence-corrected chi connectivity index (χ0v) is 12.9. The van der Waals surface area contributed by atoms with Crippen molar-refractivity contribution in [3.05, 3.63) is 23.1 Å². The van der Waals surface area contributed by atoms with Crippen LogP contribution in [0.4, 0.5) is 5.69 Å². The lowest BCUT2D eigenvalue weighted by Gasteiger charge is -2.15. The number of methoxy groups -OCH3 is 1. The molecule has 2 amide bonds. The molecule has 1 heterocycles. The molecule has 112 valence electrons. The standard InChI is InChI=1S/C14H17N3O3S/c1-16-10(18)7-17(2)14(19)13-12(15)11-8(20-3)5-4-6-9(11)21-13/h4-6H,7,15H2,1-3H3,(H,16,18). The third kappa shape index (κ3) is 2.78. The number of ether oxygens (including phenoxy) is 1. The molecular weight excluding hydrogens is 290 g/mol. The Balaban J connectivity index is 2.40. The normalized spacial score (nSPS) is 10.4. The Morgan fingerprint density at radius 3 is 2.76 bits per heavy atom. The fourth-order valence-corrected chi connectivity index (χ4v) is 3.14. The van der Waals surface area contributed by atoms with Crippen LogP contribution in [0, 0.1) is 0 Å². The molecule has 1 aromatic carbocycles. The number of nitrogens with one attached hydrogen (secondary N) is 1. The van der Waals surface area contributed by atoms with E-state index in [0.29, 0.717) is 16.3 Å². The van der Waals surface area contributed by atoms with E-state index in [9.17, 15) is 9.59 Å². The number of amides is 2. The van der Waals surface area contributed by atoms with Crippen molar-refractivity contribution in [1.29, 1.82) is 0 Å².